The van der Waals surface area contributed by atoms with E-state index in [2.05, 4.69) is 22.1 Å². The Morgan fingerprint density at radius 1 is 1.58 bits per heavy atom. The van der Waals surface area contributed by atoms with Crippen molar-refractivity contribution in [2.75, 3.05) is 19.6 Å². The lowest BCUT2D eigenvalue weighted by atomic mass is 10.2. The molecule has 0 aliphatic carbocycles. The van der Waals surface area contributed by atoms with Crippen molar-refractivity contribution in [3.8, 4) is 0 Å². The van der Waals surface area contributed by atoms with E-state index in [0.29, 0.717) is 11.2 Å². The van der Waals surface area contributed by atoms with Gasteiger partial charge in [-0.3, -0.25) is 4.90 Å². The van der Waals surface area contributed by atoms with Crippen molar-refractivity contribution >= 4 is 11.6 Å². The molecular weight excluding hydrogens is 260 g/mol. The summed E-state index contributed by atoms with van der Waals surface area (Å²) in [6.45, 7) is 6.55. The van der Waals surface area contributed by atoms with E-state index in [0.717, 1.165) is 25.5 Å². The van der Waals surface area contributed by atoms with Crippen LogP contribution >= 0.6 is 11.6 Å². The average Bonchev–Trinajstić information content (AvgIpc) is 3.01. The van der Waals surface area contributed by atoms with Crippen LogP contribution in [0.25, 0.3) is 0 Å². The summed E-state index contributed by atoms with van der Waals surface area (Å²) in [5.74, 6) is 1.05. The van der Waals surface area contributed by atoms with E-state index in [-0.39, 0.29) is 0 Å². The third kappa shape index (κ3) is 4.20. The molecule has 1 aromatic rings. The highest BCUT2D eigenvalue weighted by atomic mass is 35.5. The molecule has 1 aliphatic heterocycles. The minimum atomic E-state index is 0.646. The highest BCUT2D eigenvalue weighted by Gasteiger charge is 2.19. The molecule has 4 nitrogen and oxygen atoms in total. The Balaban J connectivity index is 1.94. The van der Waals surface area contributed by atoms with Crippen LogP contribution in [0.1, 0.15) is 38.4 Å². The van der Waals surface area contributed by atoms with Gasteiger partial charge in [0.25, 0.3) is 0 Å². The topological polar surface area (TPSA) is 33.1 Å². The Hall–Kier alpha value is -0.580. The van der Waals surface area contributed by atoms with Gasteiger partial charge >= 0.3 is 0 Å². The van der Waals surface area contributed by atoms with Gasteiger partial charge in [0.15, 0.2) is 0 Å². The van der Waals surface area contributed by atoms with Gasteiger partial charge in [-0.1, -0.05) is 24.9 Å². The molecule has 0 spiro atoms. The van der Waals surface area contributed by atoms with E-state index in [1.807, 2.05) is 11.6 Å². The molecule has 1 unspecified atom stereocenters. The van der Waals surface area contributed by atoms with Crippen LogP contribution in [0.2, 0.25) is 5.15 Å². The van der Waals surface area contributed by atoms with Crippen molar-refractivity contribution in [1.82, 2.24) is 19.8 Å². The number of aromatic nitrogens is 2. The number of nitrogens with one attached hydrogen (secondary N) is 1. The van der Waals surface area contributed by atoms with Crippen molar-refractivity contribution in [3.63, 3.8) is 0 Å². The van der Waals surface area contributed by atoms with Crippen LogP contribution in [-0.4, -0.2) is 40.1 Å². The molecule has 1 atom stereocenters. The summed E-state index contributed by atoms with van der Waals surface area (Å²) in [7, 11) is 1.98. The van der Waals surface area contributed by atoms with Crippen molar-refractivity contribution < 1.29 is 0 Å². The van der Waals surface area contributed by atoms with Crippen LogP contribution in [-0.2, 0) is 13.6 Å². The van der Waals surface area contributed by atoms with Crippen LogP contribution in [0, 0.1) is 0 Å². The highest BCUT2D eigenvalue weighted by Crippen LogP contribution is 2.14. The fourth-order valence-corrected chi connectivity index (χ4v) is 2.76. The summed E-state index contributed by atoms with van der Waals surface area (Å²) in [5.41, 5.74) is 0. The second kappa shape index (κ2) is 7.27. The maximum absolute atomic E-state index is 6.06. The molecule has 1 N–H and O–H groups in total. The fourth-order valence-electron chi connectivity index (χ4n) is 2.61. The summed E-state index contributed by atoms with van der Waals surface area (Å²) >= 11 is 6.06. The molecule has 0 aromatic carbocycles. The Labute approximate surface area is 121 Å². The minimum Gasteiger partial charge on any atom is -0.321 e. The van der Waals surface area contributed by atoms with Gasteiger partial charge in [-0.05, 0) is 32.4 Å². The van der Waals surface area contributed by atoms with E-state index in [1.54, 1.807) is 6.20 Å². The maximum Gasteiger partial charge on any atom is 0.128 e. The van der Waals surface area contributed by atoms with Crippen LogP contribution in [0.3, 0.4) is 0 Å². The first kappa shape index (κ1) is 14.8. The molecular formula is C14H25ClN4. The monoisotopic (exact) mass is 284 g/mol. The van der Waals surface area contributed by atoms with Gasteiger partial charge in [0.05, 0.1) is 12.7 Å². The maximum atomic E-state index is 6.06. The van der Waals surface area contributed by atoms with Crippen LogP contribution < -0.4 is 5.32 Å². The molecule has 1 fully saturated rings. The van der Waals surface area contributed by atoms with Gasteiger partial charge in [0, 0.05) is 19.6 Å². The van der Waals surface area contributed by atoms with E-state index in [1.165, 1.54) is 32.2 Å². The summed E-state index contributed by atoms with van der Waals surface area (Å²) in [6, 6.07) is 0.646. The summed E-state index contributed by atoms with van der Waals surface area (Å²) in [5, 5.41) is 4.29. The molecule has 0 saturated carbocycles. The highest BCUT2D eigenvalue weighted by molar-refractivity contribution is 6.29. The number of halogens is 1. The zero-order valence-electron chi connectivity index (χ0n) is 12.0. The quantitative estimate of drug-likeness (QED) is 0.835. The third-order valence-electron chi connectivity index (χ3n) is 3.86. The molecule has 2 heterocycles. The van der Waals surface area contributed by atoms with Gasteiger partial charge < -0.3 is 9.88 Å². The number of imidazole rings is 1. The van der Waals surface area contributed by atoms with Gasteiger partial charge in [0.2, 0.25) is 0 Å². The summed E-state index contributed by atoms with van der Waals surface area (Å²) in [6.07, 6.45) is 6.81. The van der Waals surface area contributed by atoms with E-state index >= 15 is 0 Å². The van der Waals surface area contributed by atoms with E-state index < -0.39 is 0 Å². The summed E-state index contributed by atoms with van der Waals surface area (Å²) in [4.78, 5) is 6.91. The molecule has 1 aromatic heterocycles. The molecule has 0 amide bonds. The lowest BCUT2D eigenvalue weighted by Crippen LogP contribution is -2.38. The normalized spacial score (nSPS) is 19.5. The molecule has 1 aliphatic rings. The second-order valence-electron chi connectivity index (χ2n) is 5.44. The largest absolute Gasteiger partial charge is 0.321 e. The number of nitrogens with zero attached hydrogens (tertiary/aromatic N) is 3. The Morgan fingerprint density at radius 2 is 2.42 bits per heavy atom. The Kier molecular flexibility index (Phi) is 5.67. The predicted molar refractivity (Wildman–Crippen MR) is 79.4 cm³/mol. The van der Waals surface area contributed by atoms with Crippen molar-refractivity contribution in [2.45, 2.75) is 45.2 Å². The molecule has 5 heteroatoms. The fraction of sp³-hybridized carbons (Fsp3) is 0.786. The van der Waals surface area contributed by atoms with Gasteiger partial charge in [-0.25, -0.2) is 4.98 Å². The van der Waals surface area contributed by atoms with Crippen molar-refractivity contribution in [2.24, 2.45) is 7.05 Å². The second-order valence-corrected chi connectivity index (χ2v) is 5.83. The van der Waals surface area contributed by atoms with Crippen LogP contribution in [0.4, 0.5) is 0 Å². The number of hydrogen-bond donors (Lipinski definition) is 1. The Bertz CT molecular complexity index is 385. The molecule has 0 radical (unpaired) electrons. The predicted octanol–water partition coefficient (Wildman–Crippen LogP) is 2.43. The zero-order chi connectivity index (χ0) is 13.7. The summed E-state index contributed by atoms with van der Waals surface area (Å²) < 4.78 is 1.97. The van der Waals surface area contributed by atoms with Gasteiger partial charge in [-0.2, -0.15) is 0 Å². The molecule has 1 saturated heterocycles. The number of unbranched alkanes of at least 4 members (excludes halogenated alkanes) is 1. The lowest BCUT2D eigenvalue weighted by molar-refractivity contribution is 0.230. The van der Waals surface area contributed by atoms with E-state index in [4.69, 9.17) is 11.6 Å². The van der Waals surface area contributed by atoms with Gasteiger partial charge in [-0.15, -0.1) is 0 Å². The Morgan fingerprint density at radius 3 is 3.00 bits per heavy atom. The van der Waals surface area contributed by atoms with Gasteiger partial charge in [0.1, 0.15) is 11.0 Å². The standard InChI is InChI=1S/C14H25ClN4/c1-3-4-8-19(10-12-6-5-7-16-12)11-14-17-9-13(15)18(14)2/h9,12,16H,3-8,10-11H2,1-2H3. The van der Waals surface area contributed by atoms with Crippen molar-refractivity contribution in [1.29, 1.82) is 0 Å². The molecule has 0 bridgehead atoms. The molecule has 2 rings (SSSR count). The smallest absolute Gasteiger partial charge is 0.128 e. The first-order valence-electron chi connectivity index (χ1n) is 7.32. The molecule has 19 heavy (non-hydrogen) atoms. The third-order valence-corrected chi connectivity index (χ3v) is 4.21. The zero-order valence-corrected chi connectivity index (χ0v) is 12.8. The number of hydrogen-bond acceptors (Lipinski definition) is 3. The molecule has 108 valence electrons. The first-order chi connectivity index (χ1) is 9.20. The van der Waals surface area contributed by atoms with Crippen molar-refractivity contribution in [3.05, 3.63) is 17.2 Å². The average molecular weight is 285 g/mol. The minimum absolute atomic E-state index is 0.646. The van der Waals surface area contributed by atoms with E-state index in [9.17, 15) is 0 Å². The van der Waals surface area contributed by atoms with Crippen LogP contribution in [0.5, 0.6) is 0 Å². The van der Waals surface area contributed by atoms with Crippen LogP contribution in [0.15, 0.2) is 6.20 Å². The SMILES string of the molecule is CCCCN(Cc1ncc(Cl)n1C)CC1CCCN1. The lowest BCUT2D eigenvalue weighted by Gasteiger charge is -2.25. The first-order valence-corrected chi connectivity index (χ1v) is 7.70. The number of rotatable bonds is 7.